The molecule has 0 spiro atoms. The zero-order chi connectivity index (χ0) is 11.4. The highest BCUT2D eigenvalue weighted by Crippen LogP contribution is 2.32. The van der Waals surface area contributed by atoms with Crippen LogP contribution in [0, 0.1) is 6.92 Å². The number of hydrogen-bond acceptors (Lipinski definition) is 2. The molecule has 0 saturated carbocycles. The molecule has 0 bridgehead atoms. The summed E-state index contributed by atoms with van der Waals surface area (Å²) in [6, 6.07) is 0. The van der Waals surface area contributed by atoms with Crippen LogP contribution in [0.3, 0.4) is 0 Å². The monoisotopic (exact) mass is 226 g/mol. The van der Waals surface area contributed by atoms with E-state index in [9.17, 15) is 13.2 Å². The predicted molar refractivity (Wildman–Crippen MR) is 48.1 cm³/mol. The van der Waals surface area contributed by atoms with Gasteiger partial charge >= 0.3 is 6.18 Å². The fourth-order valence-corrected chi connectivity index (χ4v) is 0.911. The molecule has 0 aliphatic carbocycles. The Balaban J connectivity index is 0.000000791. The highest BCUT2D eigenvalue weighted by atomic mass is 35.5. The fraction of sp³-hybridized carbons (Fsp3) is 0.500. The van der Waals surface area contributed by atoms with Crippen molar-refractivity contribution >= 4 is 11.6 Å². The second-order valence-corrected chi connectivity index (χ2v) is 2.48. The third-order valence-corrected chi connectivity index (χ3v) is 1.46. The summed E-state index contributed by atoms with van der Waals surface area (Å²) >= 11 is 5.24. The number of alkyl halides is 3. The molecule has 80 valence electrons. The minimum Gasteiger partial charge on any atom is -0.241 e. The quantitative estimate of drug-likeness (QED) is 0.633. The van der Waals surface area contributed by atoms with Crippen molar-refractivity contribution in [2.24, 2.45) is 0 Å². The van der Waals surface area contributed by atoms with Crippen molar-refractivity contribution in [2.45, 2.75) is 26.9 Å². The van der Waals surface area contributed by atoms with E-state index in [1.807, 2.05) is 13.8 Å². The van der Waals surface area contributed by atoms with Crippen LogP contribution in [0.25, 0.3) is 0 Å². The van der Waals surface area contributed by atoms with Gasteiger partial charge in [0.1, 0.15) is 16.5 Å². The SMILES string of the molecule is CC.Cc1ncc(C(F)(F)F)c(Cl)n1. The summed E-state index contributed by atoms with van der Waals surface area (Å²) in [7, 11) is 0. The van der Waals surface area contributed by atoms with Crippen LogP contribution in [0.1, 0.15) is 25.2 Å². The van der Waals surface area contributed by atoms with Gasteiger partial charge in [0.2, 0.25) is 0 Å². The van der Waals surface area contributed by atoms with E-state index in [2.05, 4.69) is 9.97 Å². The Morgan fingerprint density at radius 1 is 1.29 bits per heavy atom. The topological polar surface area (TPSA) is 25.8 Å². The lowest BCUT2D eigenvalue weighted by atomic mass is 10.3. The van der Waals surface area contributed by atoms with E-state index in [1.165, 1.54) is 6.92 Å². The molecule has 0 unspecified atom stereocenters. The maximum Gasteiger partial charge on any atom is 0.420 e. The molecule has 0 atom stereocenters. The van der Waals surface area contributed by atoms with Crippen molar-refractivity contribution in [3.63, 3.8) is 0 Å². The lowest BCUT2D eigenvalue weighted by Crippen LogP contribution is -2.08. The first-order valence-corrected chi connectivity index (χ1v) is 4.35. The zero-order valence-corrected chi connectivity index (χ0v) is 8.74. The van der Waals surface area contributed by atoms with Crippen LogP contribution in [0.5, 0.6) is 0 Å². The molecule has 0 amide bonds. The summed E-state index contributed by atoms with van der Waals surface area (Å²) < 4.78 is 36.0. The highest BCUT2D eigenvalue weighted by Gasteiger charge is 2.34. The smallest absolute Gasteiger partial charge is 0.241 e. The molecule has 0 fully saturated rings. The normalized spacial score (nSPS) is 10.5. The van der Waals surface area contributed by atoms with Crippen molar-refractivity contribution < 1.29 is 13.2 Å². The molecule has 0 aliphatic heterocycles. The molecular weight excluding hydrogens is 217 g/mol. The third-order valence-electron chi connectivity index (χ3n) is 1.17. The Hall–Kier alpha value is -0.840. The minimum absolute atomic E-state index is 0.216. The second-order valence-electron chi connectivity index (χ2n) is 2.12. The van der Waals surface area contributed by atoms with Gasteiger partial charge < -0.3 is 0 Å². The minimum atomic E-state index is -4.48. The lowest BCUT2D eigenvalue weighted by Gasteiger charge is -2.06. The van der Waals surface area contributed by atoms with Gasteiger partial charge in [0.05, 0.1) is 0 Å². The van der Waals surface area contributed by atoms with E-state index in [0.29, 0.717) is 6.20 Å². The van der Waals surface area contributed by atoms with E-state index in [1.54, 1.807) is 0 Å². The van der Waals surface area contributed by atoms with Crippen LogP contribution in [0.4, 0.5) is 13.2 Å². The van der Waals surface area contributed by atoms with Crippen molar-refractivity contribution in [1.29, 1.82) is 0 Å². The van der Waals surface area contributed by atoms with Crippen LogP contribution >= 0.6 is 11.6 Å². The van der Waals surface area contributed by atoms with Crippen molar-refractivity contribution in [3.8, 4) is 0 Å². The summed E-state index contributed by atoms with van der Waals surface area (Å²) in [6.45, 7) is 5.46. The van der Waals surface area contributed by atoms with Crippen LogP contribution in [-0.2, 0) is 6.18 Å². The average Bonchev–Trinajstić information content (AvgIpc) is 2.05. The Morgan fingerprint density at radius 2 is 1.79 bits per heavy atom. The van der Waals surface area contributed by atoms with Gasteiger partial charge in [-0.05, 0) is 6.92 Å². The van der Waals surface area contributed by atoms with Crippen LogP contribution in [-0.4, -0.2) is 9.97 Å². The molecule has 2 nitrogen and oxygen atoms in total. The lowest BCUT2D eigenvalue weighted by molar-refractivity contribution is -0.138. The Morgan fingerprint density at radius 3 is 2.14 bits per heavy atom. The highest BCUT2D eigenvalue weighted by molar-refractivity contribution is 6.30. The summed E-state index contributed by atoms with van der Waals surface area (Å²) in [5.41, 5.74) is -1.00. The molecule has 1 heterocycles. The second kappa shape index (κ2) is 5.14. The fourth-order valence-electron chi connectivity index (χ4n) is 0.633. The van der Waals surface area contributed by atoms with Crippen molar-refractivity contribution in [3.05, 3.63) is 22.7 Å². The maximum absolute atomic E-state index is 12.0. The number of nitrogens with zero attached hydrogens (tertiary/aromatic N) is 2. The van der Waals surface area contributed by atoms with Gasteiger partial charge in [-0.2, -0.15) is 13.2 Å². The predicted octanol–water partition coefficient (Wildman–Crippen LogP) is 3.48. The molecule has 0 radical (unpaired) electrons. The molecule has 0 saturated heterocycles. The molecule has 6 heteroatoms. The molecule has 0 aliphatic rings. The Bertz CT molecular complexity index is 299. The van der Waals surface area contributed by atoms with Gasteiger partial charge in [0.15, 0.2) is 0 Å². The number of aromatic nitrogens is 2. The van der Waals surface area contributed by atoms with Crippen molar-refractivity contribution in [1.82, 2.24) is 9.97 Å². The van der Waals surface area contributed by atoms with Gasteiger partial charge in [-0.25, -0.2) is 9.97 Å². The number of hydrogen-bond donors (Lipinski definition) is 0. The first-order chi connectivity index (χ1) is 6.41. The summed E-state index contributed by atoms with van der Waals surface area (Å²) in [5.74, 6) is 0.216. The Labute approximate surface area is 85.1 Å². The standard InChI is InChI=1S/C6H4ClF3N2.C2H6/c1-3-11-2-4(5(7)12-3)6(8,9)10;1-2/h2H,1H3;1-2H3. The van der Waals surface area contributed by atoms with E-state index < -0.39 is 16.9 Å². The van der Waals surface area contributed by atoms with Crippen molar-refractivity contribution in [2.75, 3.05) is 0 Å². The van der Waals surface area contributed by atoms with Gasteiger partial charge in [-0.1, -0.05) is 25.4 Å². The van der Waals surface area contributed by atoms with Gasteiger partial charge in [-0.3, -0.25) is 0 Å². The summed E-state index contributed by atoms with van der Waals surface area (Å²) in [4.78, 5) is 6.77. The number of rotatable bonds is 0. The third kappa shape index (κ3) is 3.49. The molecule has 0 N–H and O–H groups in total. The molecule has 0 aromatic carbocycles. The first-order valence-electron chi connectivity index (χ1n) is 3.97. The maximum atomic E-state index is 12.0. The van der Waals surface area contributed by atoms with E-state index in [4.69, 9.17) is 11.6 Å². The van der Waals surface area contributed by atoms with E-state index in [0.717, 1.165) is 0 Å². The average molecular weight is 227 g/mol. The first kappa shape index (κ1) is 13.2. The number of aryl methyl sites for hydroxylation is 1. The molecule has 1 aromatic heterocycles. The van der Waals surface area contributed by atoms with Crippen LogP contribution < -0.4 is 0 Å². The number of halogens is 4. The van der Waals surface area contributed by atoms with Crippen LogP contribution in [0.15, 0.2) is 6.20 Å². The summed E-state index contributed by atoms with van der Waals surface area (Å²) in [6.07, 6.45) is -3.81. The molecular formula is C8H10ClF3N2. The molecule has 1 rings (SSSR count). The largest absolute Gasteiger partial charge is 0.420 e. The Kier molecular flexibility index (Phi) is 4.83. The van der Waals surface area contributed by atoms with Gasteiger partial charge in [0.25, 0.3) is 0 Å². The van der Waals surface area contributed by atoms with Gasteiger partial charge in [0, 0.05) is 6.20 Å². The van der Waals surface area contributed by atoms with E-state index in [-0.39, 0.29) is 5.82 Å². The zero-order valence-electron chi connectivity index (χ0n) is 7.98. The molecule has 14 heavy (non-hydrogen) atoms. The summed E-state index contributed by atoms with van der Waals surface area (Å²) in [5, 5.41) is -0.560. The molecule has 1 aromatic rings. The van der Waals surface area contributed by atoms with E-state index >= 15 is 0 Å². The van der Waals surface area contributed by atoms with Crippen LogP contribution in [0.2, 0.25) is 5.15 Å². The van der Waals surface area contributed by atoms with Gasteiger partial charge in [-0.15, -0.1) is 0 Å².